The molecule has 222 valence electrons. The molecule has 3 amide bonds. The Bertz CT molecular complexity index is 1120. The van der Waals surface area contributed by atoms with E-state index in [-0.39, 0.29) is 18.8 Å². The highest BCUT2D eigenvalue weighted by molar-refractivity contribution is 7.98. The Morgan fingerprint density at radius 3 is 2.25 bits per heavy atom. The number of carbonyl (C=O) groups excluding carboxylic acids is 3. The quantitative estimate of drug-likeness (QED) is 0.130. The van der Waals surface area contributed by atoms with E-state index in [4.69, 9.17) is 11.5 Å². The van der Waals surface area contributed by atoms with Gasteiger partial charge in [0.2, 0.25) is 17.7 Å². The number of rotatable bonds is 18. The first-order valence-electron chi connectivity index (χ1n) is 13.7. The molecule has 2 aromatic rings. The number of carbonyl (C=O) groups is 4. The van der Waals surface area contributed by atoms with Gasteiger partial charge in [-0.2, -0.15) is 11.8 Å². The van der Waals surface area contributed by atoms with E-state index in [2.05, 4.69) is 20.9 Å². The third kappa shape index (κ3) is 10.5. The Labute approximate surface area is 240 Å². The highest BCUT2D eigenvalue weighted by atomic mass is 32.2. The zero-order valence-corrected chi connectivity index (χ0v) is 24.4. The number of hydrogen-bond acceptors (Lipinski definition) is 7. The molecule has 40 heavy (non-hydrogen) atoms. The fourth-order valence-corrected chi connectivity index (χ4v) is 4.88. The first-order chi connectivity index (χ1) is 19.1. The Kier molecular flexibility index (Phi) is 14.0. The molecule has 0 aliphatic rings. The number of aromatic amines is 1. The van der Waals surface area contributed by atoms with E-state index in [0.29, 0.717) is 38.0 Å². The lowest BCUT2D eigenvalue weighted by Gasteiger charge is -2.26. The van der Waals surface area contributed by atoms with Gasteiger partial charge in [-0.3, -0.25) is 14.4 Å². The number of aromatic nitrogens is 1. The molecule has 1 aromatic carbocycles. The van der Waals surface area contributed by atoms with Crippen LogP contribution in [0, 0.1) is 5.92 Å². The van der Waals surface area contributed by atoms with E-state index in [1.54, 1.807) is 0 Å². The number of carboxylic acids is 1. The summed E-state index contributed by atoms with van der Waals surface area (Å²) >= 11 is 1.48. The molecule has 0 saturated carbocycles. The summed E-state index contributed by atoms with van der Waals surface area (Å²) in [5.41, 5.74) is 13.7. The molecule has 11 nitrogen and oxygen atoms in total. The molecule has 0 bridgehead atoms. The number of aliphatic carboxylic acids is 1. The van der Waals surface area contributed by atoms with Gasteiger partial charge in [0.15, 0.2) is 0 Å². The summed E-state index contributed by atoms with van der Waals surface area (Å²) in [6, 6.07) is 3.87. The molecule has 1 heterocycles. The highest BCUT2D eigenvalue weighted by Crippen LogP contribution is 2.19. The van der Waals surface area contributed by atoms with Gasteiger partial charge in [-0.15, -0.1) is 0 Å². The number of amides is 3. The van der Waals surface area contributed by atoms with Crippen molar-refractivity contribution in [1.82, 2.24) is 20.9 Å². The predicted octanol–water partition coefficient (Wildman–Crippen LogP) is 1.50. The van der Waals surface area contributed by atoms with E-state index in [9.17, 15) is 24.3 Å². The van der Waals surface area contributed by atoms with Crippen molar-refractivity contribution >= 4 is 46.4 Å². The molecule has 0 spiro atoms. The zero-order valence-electron chi connectivity index (χ0n) is 23.6. The van der Waals surface area contributed by atoms with Crippen molar-refractivity contribution in [1.29, 1.82) is 0 Å². The van der Waals surface area contributed by atoms with Crippen LogP contribution in [0.4, 0.5) is 0 Å². The van der Waals surface area contributed by atoms with Gasteiger partial charge in [-0.1, -0.05) is 32.0 Å². The second-order valence-electron chi connectivity index (χ2n) is 10.4. The van der Waals surface area contributed by atoms with Crippen molar-refractivity contribution in [2.24, 2.45) is 17.4 Å². The summed E-state index contributed by atoms with van der Waals surface area (Å²) in [7, 11) is 0. The minimum Gasteiger partial charge on any atom is -0.480 e. The number of fused-ring (bicyclic) bond motifs is 1. The average molecular weight is 577 g/mol. The molecule has 0 radical (unpaired) electrons. The summed E-state index contributed by atoms with van der Waals surface area (Å²) in [5, 5.41) is 18.6. The van der Waals surface area contributed by atoms with Gasteiger partial charge in [-0.05, 0) is 74.6 Å². The topological polar surface area (TPSA) is 192 Å². The van der Waals surface area contributed by atoms with Crippen LogP contribution in [0.2, 0.25) is 0 Å². The number of para-hydroxylation sites is 1. The Hall–Kier alpha value is -3.09. The maximum Gasteiger partial charge on any atom is 0.326 e. The number of thioether (sulfide) groups is 1. The molecular weight excluding hydrogens is 532 g/mol. The largest absolute Gasteiger partial charge is 0.480 e. The summed E-state index contributed by atoms with van der Waals surface area (Å²) in [4.78, 5) is 54.3. The average Bonchev–Trinajstić information content (AvgIpc) is 3.32. The smallest absolute Gasteiger partial charge is 0.326 e. The monoisotopic (exact) mass is 576 g/mol. The van der Waals surface area contributed by atoms with Gasteiger partial charge in [0.05, 0.1) is 6.04 Å². The zero-order chi connectivity index (χ0) is 29.7. The van der Waals surface area contributed by atoms with Crippen LogP contribution in [0.1, 0.15) is 51.5 Å². The minimum atomic E-state index is -1.13. The molecule has 12 heteroatoms. The third-order valence-corrected chi connectivity index (χ3v) is 7.24. The maximum absolute atomic E-state index is 13.4. The number of H-pyrrole nitrogens is 1. The van der Waals surface area contributed by atoms with Gasteiger partial charge in [0, 0.05) is 17.1 Å². The van der Waals surface area contributed by atoms with Gasteiger partial charge >= 0.3 is 5.97 Å². The van der Waals surface area contributed by atoms with Crippen LogP contribution < -0.4 is 27.4 Å². The first-order valence-corrected chi connectivity index (χ1v) is 15.1. The van der Waals surface area contributed by atoms with Crippen molar-refractivity contribution in [3.05, 3.63) is 36.0 Å². The lowest BCUT2D eigenvalue weighted by atomic mass is 10.0. The fraction of sp³-hybridized carbons (Fsp3) is 0.571. The first kappa shape index (κ1) is 33.1. The van der Waals surface area contributed by atoms with E-state index >= 15 is 0 Å². The summed E-state index contributed by atoms with van der Waals surface area (Å²) in [6.45, 7) is 4.24. The third-order valence-electron chi connectivity index (χ3n) is 6.60. The SMILES string of the molecule is CSCCC(NC(=O)C(CC(C)C)NC(=O)C(CCCCN)NC(=O)C(N)Cc1c[nH]c2ccccc12)C(=O)O. The van der Waals surface area contributed by atoms with Crippen LogP contribution in [0.3, 0.4) is 0 Å². The van der Waals surface area contributed by atoms with Crippen molar-refractivity contribution in [3.63, 3.8) is 0 Å². The molecule has 0 aliphatic carbocycles. The van der Waals surface area contributed by atoms with Gasteiger partial charge in [0.1, 0.15) is 18.1 Å². The Balaban J connectivity index is 2.12. The minimum absolute atomic E-state index is 0.0420. The number of hydrogen-bond donors (Lipinski definition) is 7. The molecule has 1 aromatic heterocycles. The number of unbranched alkanes of at least 4 members (excludes halogenated alkanes) is 1. The Morgan fingerprint density at radius 1 is 0.950 bits per heavy atom. The van der Waals surface area contributed by atoms with Crippen LogP contribution in [0.15, 0.2) is 30.5 Å². The molecule has 9 N–H and O–H groups in total. The Morgan fingerprint density at radius 2 is 1.60 bits per heavy atom. The number of nitrogens with one attached hydrogen (secondary N) is 4. The lowest BCUT2D eigenvalue weighted by Crippen LogP contribution is -2.57. The molecule has 4 atom stereocenters. The molecule has 4 unspecified atom stereocenters. The predicted molar refractivity (Wildman–Crippen MR) is 159 cm³/mol. The van der Waals surface area contributed by atoms with Gasteiger partial charge < -0.3 is 37.5 Å². The van der Waals surface area contributed by atoms with Gasteiger partial charge in [-0.25, -0.2) is 4.79 Å². The van der Waals surface area contributed by atoms with Gasteiger partial charge in [0.25, 0.3) is 0 Å². The molecule has 0 aliphatic heterocycles. The molecular formula is C28H44N6O5S. The van der Waals surface area contributed by atoms with Crippen LogP contribution in [-0.4, -0.2) is 76.5 Å². The lowest BCUT2D eigenvalue weighted by molar-refractivity contribution is -0.142. The second kappa shape index (κ2) is 16.9. The number of carboxylic acid groups (broad SMARTS) is 1. The van der Waals surface area contributed by atoms with Crippen LogP contribution in [0.25, 0.3) is 10.9 Å². The van der Waals surface area contributed by atoms with Crippen molar-refractivity contribution < 1.29 is 24.3 Å². The van der Waals surface area contributed by atoms with Crippen LogP contribution >= 0.6 is 11.8 Å². The van der Waals surface area contributed by atoms with Crippen molar-refractivity contribution in [2.75, 3.05) is 18.6 Å². The summed E-state index contributed by atoms with van der Waals surface area (Å²) in [5.74, 6) is -2.10. The normalized spacial score (nSPS) is 14.3. The standard InChI is InChI=1S/C28H44N6O5S/c1-17(2)14-24(27(37)33-23(28(38)39)11-13-40-3)34-26(36)22(10-6-7-12-29)32-25(35)20(30)15-18-16-31-21-9-5-4-8-19(18)21/h4-5,8-9,16-17,20,22-24,31H,6-7,10-15,29-30H2,1-3H3,(H,32,35)(H,33,37)(H,34,36)(H,38,39). The van der Waals surface area contributed by atoms with E-state index in [1.165, 1.54) is 11.8 Å². The van der Waals surface area contributed by atoms with E-state index in [0.717, 1.165) is 16.5 Å². The fourth-order valence-electron chi connectivity index (χ4n) is 4.41. The summed E-state index contributed by atoms with van der Waals surface area (Å²) in [6.07, 6.45) is 6.08. The maximum atomic E-state index is 13.4. The van der Waals surface area contributed by atoms with E-state index < -0.39 is 47.9 Å². The van der Waals surface area contributed by atoms with Crippen LogP contribution in [0.5, 0.6) is 0 Å². The highest BCUT2D eigenvalue weighted by Gasteiger charge is 2.30. The molecule has 0 saturated heterocycles. The van der Waals surface area contributed by atoms with Crippen molar-refractivity contribution in [2.45, 2.75) is 76.5 Å². The number of benzene rings is 1. The van der Waals surface area contributed by atoms with Crippen LogP contribution in [-0.2, 0) is 25.6 Å². The second-order valence-corrected chi connectivity index (χ2v) is 11.4. The molecule has 0 fully saturated rings. The number of nitrogens with two attached hydrogens (primary N) is 2. The molecule has 2 rings (SSSR count). The summed E-state index contributed by atoms with van der Waals surface area (Å²) < 4.78 is 0. The van der Waals surface area contributed by atoms with E-state index in [1.807, 2.05) is 50.6 Å². The van der Waals surface area contributed by atoms with Crippen molar-refractivity contribution in [3.8, 4) is 0 Å².